The molecule has 8 nitrogen and oxygen atoms in total. The quantitative estimate of drug-likeness (QED) is 0.445. The predicted molar refractivity (Wildman–Crippen MR) is 107 cm³/mol. The number of carboxylic acids is 1. The average molecular weight is 381 g/mol. The van der Waals surface area contributed by atoms with E-state index in [1.807, 2.05) is 44.2 Å². The number of aromatic amines is 1. The second kappa shape index (κ2) is 8.51. The van der Waals surface area contributed by atoms with Crippen LogP contribution in [0.25, 0.3) is 22.4 Å². The number of fused-ring (bicyclic) bond motifs is 1. The molecule has 3 rings (SSSR count). The number of aliphatic carboxylic acids is 1. The fraction of sp³-hybridized carbons (Fsp3) is 0.300. The fourth-order valence-corrected chi connectivity index (χ4v) is 2.90. The third-order valence-electron chi connectivity index (χ3n) is 4.49. The van der Waals surface area contributed by atoms with Crippen LogP contribution in [-0.2, 0) is 9.59 Å². The number of aromatic nitrogens is 3. The molecule has 28 heavy (non-hydrogen) atoms. The monoisotopic (exact) mass is 381 g/mol. The molecule has 8 heteroatoms. The summed E-state index contributed by atoms with van der Waals surface area (Å²) in [5.74, 6) is 0.0481. The molecule has 0 saturated carbocycles. The van der Waals surface area contributed by atoms with Crippen LogP contribution in [0.5, 0.6) is 0 Å². The Hall–Kier alpha value is -3.42. The van der Waals surface area contributed by atoms with Crippen LogP contribution in [0.15, 0.2) is 30.3 Å². The number of hydrogen-bond acceptors (Lipinski definition) is 5. The zero-order valence-corrected chi connectivity index (χ0v) is 15.9. The maximum absolute atomic E-state index is 11.6. The van der Waals surface area contributed by atoms with E-state index in [1.54, 1.807) is 0 Å². The first-order chi connectivity index (χ1) is 13.5. The minimum absolute atomic E-state index is 0.0264. The smallest absolute Gasteiger partial charge is 0.303 e. The van der Waals surface area contributed by atoms with Crippen LogP contribution in [0, 0.1) is 13.8 Å². The van der Waals surface area contributed by atoms with Crippen LogP contribution in [-0.4, -0.2) is 45.0 Å². The molecule has 2 heterocycles. The third-order valence-corrected chi connectivity index (χ3v) is 4.49. The number of benzene rings is 1. The van der Waals surface area contributed by atoms with Gasteiger partial charge in [-0.2, -0.15) is 0 Å². The van der Waals surface area contributed by atoms with Gasteiger partial charge in [-0.3, -0.25) is 9.59 Å². The number of nitrogens with zero attached hydrogens (tertiary/aromatic N) is 2. The third kappa shape index (κ3) is 4.46. The van der Waals surface area contributed by atoms with Crippen molar-refractivity contribution in [2.24, 2.45) is 0 Å². The second-order valence-electron chi connectivity index (χ2n) is 6.53. The van der Waals surface area contributed by atoms with Crippen molar-refractivity contribution in [1.29, 1.82) is 0 Å². The van der Waals surface area contributed by atoms with E-state index in [9.17, 15) is 9.59 Å². The lowest BCUT2D eigenvalue weighted by Crippen LogP contribution is -2.29. The van der Waals surface area contributed by atoms with E-state index in [1.165, 1.54) is 0 Å². The van der Waals surface area contributed by atoms with Crippen molar-refractivity contribution >= 4 is 28.7 Å². The van der Waals surface area contributed by atoms with E-state index in [-0.39, 0.29) is 18.7 Å². The fourth-order valence-electron chi connectivity index (χ4n) is 2.90. The molecule has 146 valence electrons. The van der Waals surface area contributed by atoms with Gasteiger partial charge in [0.05, 0.1) is 11.8 Å². The average Bonchev–Trinajstić information content (AvgIpc) is 2.98. The lowest BCUT2D eigenvalue weighted by atomic mass is 10.2. The first-order valence-corrected chi connectivity index (χ1v) is 9.10. The summed E-state index contributed by atoms with van der Waals surface area (Å²) in [6.45, 7) is 4.83. The van der Waals surface area contributed by atoms with Gasteiger partial charge in [-0.1, -0.05) is 30.3 Å². The van der Waals surface area contributed by atoms with E-state index >= 15 is 0 Å². The van der Waals surface area contributed by atoms with Crippen molar-refractivity contribution in [2.45, 2.75) is 26.7 Å². The highest BCUT2D eigenvalue weighted by Gasteiger charge is 2.15. The summed E-state index contributed by atoms with van der Waals surface area (Å²) in [7, 11) is 0. The molecule has 0 aliphatic heterocycles. The molecule has 0 radical (unpaired) electrons. The SMILES string of the molecule is Cc1[nH]c2nc(-c3ccccc3)nc(NCCNC(=O)CCC(=O)O)c2c1C. The number of H-pyrrole nitrogens is 1. The van der Waals surface area contributed by atoms with Gasteiger partial charge in [0.2, 0.25) is 5.91 Å². The van der Waals surface area contributed by atoms with Crippen molar-refractivity contribution in [3.05, 3.63) is 41.6 Å². The molecule has 2 aromatic heterocycles. The number of carbonyl (C=O) groups excluding carboxylic acids is 1. The highest BCUT2D eigenvalue weighted by atomic mass is 16.4. The molecule has 1 aromatic carbocycles. The van der Waals surface area contributed by atoms with Crippen LogP contribution in [0.2, 0.25) is 0 Å². The number of carboxylic acid groups (broad SMARTS) is 1. The van der Waals surface area contributed by atoms with Crippen LogP contribution in [0.3, 0.4) is 0 Å². The molecule has 0 unspecified atom stereocenters. The number of amides is 1. The molecule has 0 bridgehead atoms. The summed E-state index contributed by atoms with van der Waals surface area (Å²) >= 11 is 0. The Bertz CT molecular complexity index is 998. The van der Waals surface area contributed by atoms with Gasteiger partial charge in [0.1, 0.15) is 11.5 Å². The van der Waals surface area contributed by atoms with Gasteiger partial charge in [0.25, 0.3) is 0 Å². The summed E-state index contributed by atoms with van der Waals surface area (Å²) in [5, 5.41) is 15.5. The molecule has 0 saturated heterocycles. The Morgan fingerprint density at radius 1 is 1.07 bits per heavy atom. The maximum Gasteiger partial charge on any atom is 0.303 e. The maximum atomic E-state index is 11.6. The number of carbonyl (C=O) groups is 2. The molecule has 4 N–H and O–H groups in total. The Kier molecular flexibility index (Phi) is 5.88. The summed E-state index contributed by atoms with van der Waals surface area (Å²) in [6, 6.07) is 9.73. The highest BCUT2D eigenvalue weighted by Crippen LogP contribution is 2.28. The highest BCUT2D eigenvalue weighted by molar-refractivity contribution is 5.92. The van der Waals surface area contributed by atoms with Gasteiger partial charge in [0.15, 0.2) is 5.82 Å². The Morgan fingerprint density at radius 3 is 2.54 bits per heavy atom. The lowest BCUT2D eigenvalue weighted by molar-refractivity contribution is -0.138. The first kappa shape index (κ1) is 19.3. The number of rotatable bonds is 8. The zero-order chi connectivity index (χ0) is 20.1. The van der Waals surface area contributed by atoms with Crippen molar-refractivity contribution < 1.29 is 14.7 Å². The van der Waals surface area contributed by atoms with Gasteiger partial charge >= 0.3 is 5.97 Å². The zero-order valence-electron chi connectivity index (χ0n) is 15.9. The number of anilines is 1. The van der Waals surface area contributed by atoms with Gasteiger partial charge < -0.3 is 20.7 Å². The number of nitrogens with one attached hydrogen (secondary N) is 3. The predicted octanol–water partition coefficient (Wildman–Crippen LogP) is 2.63. The summed E-state index contributed by atoms with van der Waals surface area (Å²) in [5.41, 5.74) is 3.78. The summed E-state index contributed by atoms with van der Waals surface area (Å²) < 4.78 is 0. The summed E-state index contributed by atoms with van der Waals surface area (Å²) in [6.07, 6.45) is -0.199. The molecule has 0 spiro atoms. The second-order valence-corrected chi connectivity index (χ2v) is 6.53. The molecular weight excluding hydrogens is 358 g/mol. The Balaban J connectivity index is 1.76. The minimum atomic E-state index is -0.983. The topological polar surface area (TPSA) is 120 Å². The molecule has 0 aliphatic rings. The van der Waals surface area contributed by atoms with Crippen molar-refractivity contribution in [2.75, 3.05) is 18.4 Å². The lowest BCUT2D eigenvalue weighted by Gasteiger charge is -2.10. The van der Waals surface area contributed by atoms with Crippen molar-refractivity contribution in [3.63, 3.8) is 0 Å². The van der Waals surface area contributed by atoms with Crippen LogP contribution in [0.1, 0.15) is 24.1 Å². The molecular formula is C20H23N5O3. The number of hydrogen-bond donors (Lipinski definition) is 4. The van der Waals surface area contributed by atoms with Crippen molar-refractivity contribution in [3.8, 4) is 11.4 Å². The normalized spacial score (nSPS) is 10.8. The van der Waals surface area contributed by atoms with Gasteiger partial charge in [0, 0.05) is 30.8 Å². The van der Waals surface area contributed by atoms with E-state index in [0.717, 1.165) is 27.9 Å². The Morgan fingerprint density at radius 2 is 1.82 bits per heavy atom. The van der Waals surface area contributed by atoms with E-state index in [0.29, 0.717) is 24.7 Å². The largest absolute Gasteiger partial charge is 0.481 e. The van der Waals surface area contributed by atoms with Gasteiger partial charge in [-0.05, 0) is 19.4 Å². The van der Waals surface area contributed by atoms with E-state index < -0.39 is 5.97 Å². The molecule has 0 atom stereocenters. The van der Waals surface area contributed by atoms with E-state index in [2.05, 4.69) is 25.6 Å². The van der Waals surface area contributed by atoms with Crippen molar-refractivity contribution in [1.82, 2.24) is 20.3 Å². The minimum Gasteiger partial charge on any atom is -0.481 e. The standard InChI is InChI=1S/C20H23N5O3/c1-12-13(2)23-20-17(12)19(22-11-10-21-15(26)8-9-16(27)28)24-18(25-20)14-6-4-3-5-7-14/h3-7H,8-11H2,1-2H3,(H,21,26)(H,27,28)(H2,22,23,24,25). The molecule has 0 aliphatic carbocycles. The van der Waals surface area contributed by atoms with Crippen LogP contribution in [0.4, 0.5) is 5.82 Å². The van der Waals surface area contributed by atoms with Crippen LogP contribution < -0.4 is 10.6 Å². The first-order valence-electron chi connectivity index (χ1n) is 9.10. The molecule has 1 amide bonds. The van der Waals surface area contributed by atoms with Gasteiger partial charge in [-0.15, -0.1) is 0 Å². The summed E-state index contributed by atoms with van der Waals surface area (Å²) in [4.78, 5) is 34.8. The Labute approximate surface area is 162 Å². The van der Waals surface area contributed by atoms with Gasteiger partial charge in [-0.25, -0.2) is 9.97 Å². The van der Waals surface area contributed by atoms with Crippen LogP contribution >= 0.6 is 0 Å². The van der Waals surface area contributed by atoms with E-state index in [4.69, 9.17) is 5.11 Å². The molecule has 0 fully saturated rings. The number of aryl methyl sites for hydroxylation is 2. The molecule has 3 aromatic rings.